The lowest BCUT2D eigenvalue weighted by Crippen LogP contribution is -2.10. The summed E-state index contributed by atoms with van der Waals surface area (Å²) >= 11 is 0. The molecule has 0 aliphatic carbocycles. The number of nitrogens with two attached hydrogens (primary N) is 2. The van der Waals surface area contributed by atoms with Gasteiger partial charge in [-0.15, -0.1) is 0 Å². The SMILES string of the molecule is CN(C)Cc1ccc(NCc2cc(-c3c[nH]c4cnc(N)cc34)cc(C=N)c2N)cc1. The lowest BCUT2D eigenvalue weighted by molar-refractivity contribution is 0.402. The molecule has 0 aliphatic rings. The van der Waals surface area contributed by atoms with E-state index >= 15 is 0 Å². The lowest BCUT2D eigenvalue weighted by atomic mass is 9.98. The molecule has 4 rings (SSSR count). The van der Waals surface area contributed by atoms with Crippen molar-refractivity contribution < 1.29 is 0 Å². The minimum Gasteiger partial charge on any atom is -0.398 e. The van der Waals surface area contributed by atoms with Crippen molar-refractivity contribution in [2.24, 2.45) is 0 Å². The van der Waals surface area contributed by atoms with Gasteiger partial charge in [0.15, 0.2) is 0 Å². The summed E-state index contributed by atoms with van der Waals surface area (Å²) in [5.74, 6) is 0.468. The third-order valence-electron chi connectivity index (χ3n) is 5.29. The minimum atomic E-state index is 0.468. The van der Waals surface area contributed by atoms with Crippen molar-refractivity contribution in [2.75, 3.05) is 30.9 Å². The molecule has 0 unspecified atom stereocenters. The van der Waals surface area contributed by atoms with Gasteiger partial charge in [-0.25, -0.2) is 4.98 Å². The van der Waals surface area contributed by atoms with E-state index in [0.717, 1.165) is 39.8 Å². The van der Waals surface area contributed by atoms with Crippen molar-refractivity contribution in [3.63, 3.8) is 0 Å². The molecule has 0 spiro atoms. The Kier molecular flexibility index (Phi) is 5.60. The van der Waals surface area contributed by atoms with Gasteiger partial charge in [0.05, 0.1) is 11.7 Å². The van der Waals surface area contributed by atoms with Crippen LogP contribution in [-0.4, -0.2) is 35.2 Å². The second-order valence-corrected chi connectivity index (χ2v) is 7.93. The Morgan fingerprint density at radius 3 is 2.61 bits per heavy atom. The van der Waals surface area contributed by atoms with E-state index in [4.69, 9.17) is 16.9 Å². The highest BCUT2D eigenvalue weighted by Crippen LogP contribution is 2.33. The zero-order chi connectivity index (χ0) is 22.0. The molecule has 0 amide bonds. The number of H-pyrrole nitrogens is 1. The molecule has 7 N–H and O–H groups in total. The first-order chi connectivity index (χ1) is 14.9. The molecule has 2 heterocycles. The number of fused-ring (bicyclic) bond motifs is 1. The average Bonchev–Trinajstić information content (AvgIpc) is 3.16. The van der Waals surface area contributed by atoms with Crippen molar-refractivity contribution in [3.8, 4) is 11.1 Å². The summed E-state index contributed by atoms with van der Waals surface area (Å²) in [6.07, 6.45) is 4.96. The molecule has 7 heteroatoms. The van der Waals surface area contributed by atoms with Gasteiger partial charge in [-0.05, 0) is 61.1 Å². The zero-order valence-corrected chi connectivity index (χ0v) is 17.7. The highest BCUT2D eigenvalue weighted by molar-refractivity contribution is 5.98. The normalized spacial score (nSPS) is 11.2. The molecule has 31 heavy (non-hydrogen) atoms. The van der Waals surface area contributed by atoms with Crippen LogP contribution in [-0.2, 0) is 13.1 Å². The Morgan fingerprint density at radius 1 is 1.13 bits per heavy atom. The number of anilines is 3. The van der Waals surface area contributed by atoms with Crippen LogP contribution in [0.5, 0.6) is 0 Å². The van der Waals surface area contributed by atoms with Crippen molar-refractivity contribution in [2.45, 2.75) is 13.1 Å². The van der Waals surface area contributed by atoms with Gasteiger partial charge in [-0.3, -0.25) is 0 Å². The van der Waals surface area contributed by atoms with Crippen LogP contribution in [0.1, 0.15) is 16.7 Å². The molecule has 158 valence electrons. The topological polar surface area (TPSA) is 120 Å². The molecule has 7 nitrogen and oxygen atoms in total. The fourth-order valence-electron chi connectivity index (χ4n) is 3.73. The van der Waals surface area contributed by atoms with Crippen LogP contribution >= 0.6 is 0 Å². The summed E-state index contributed by atoms with van der Waals surface area (Å²) in [6, 6.07) is 14.2. The van der Waals surface area contributed by atoms with E-state index in [2.05, 4.69) is 64.6 Å². The fourth-order valence-corrected chi connectivity index (χ4v) is 3.73. The summed E-state index contributed by atoms with van der Waals surface area (Å²) in [4.78, 5) is 9.52. The number of nitrogens with one attached hydrogen (secondary N) is 3. The molecule has 0 radical (unpaired) electrons. The van der Waals surface area contributed by atoms with Crippen LogP contribution < -0.4 is 16.8 Å². The zero-order valence-electron chi connectivity index (χ0n) is 17.7. The molecule has 0 bridgehead atoms. The second-order valence-electron chi connectivity index (χ2n) is 7.93. The first kappa shape index (κ1) is 20.4. The molecule has 0 saturated carbocycles. The maximum atomic E-state index is 7.81. The van der Waals surface area contributed by atoms with E-state index in [-0.39, 0.29) is 0 Å². The van der Waals surface area contributed by atoms with Gasteiger partial charge in [0, 0.05) is 53.4 Å². The van der Waals surface area contributed by atoms with Gasteiger partial charge >= 0.3 is 0 Å². The van der Waals surface area contributed by atoms with Gasteiger partial charge in [-0.2, -0.15) is 0 Å². The summed E-state index contributed by atoms with van der Waals surface area (Å²) in [5, 5.41) is 12.2. The molecule has 0 aliphatic heterocycles. The third-order valence-corrected chi connectivity index (χ3v) is 5.29. The van der Waals surface area contributed by atoms with Gasteiger partial charge in [0.25, 0.3) is 0 Å². The predicted molar refractivity (Wildman–Crippen MR) is 129 cm³/mol. The lowest BCUT2D eigenvalue weighted by Gasteiger charge is -2.14. The van der Waals surface area contributed by atoms with Crippen molar-refractivity contribution in [1.29, 1.82) is 5.41 Å². The van der Waals surface area contributed by atoms with Gasteiger partial charge in [0.2, 0.25) is 0 Å². The smallest absolute Gasteiger partial charge is 0.124 e. The Morgan fingerprint density at radius 2 is 1.90 bits per heavy atom. The first-order valence-electron chi connectivity index (χ1n) is 10.1. The van der Waals surface area contributed by atoms with E-state index in [0.29, 0.717) is 23.6 Å². The van der Waals surface area contributed by atoms with E-state index in [1.54, 1.807) is 6.20 Å². The number of nitrogens with zero attached hydrogens (tertiary/aromatic N) is 2. The molecular formula is C24H27N7. The van der Waals surface area contributed by atoms with Crippen LogP contribution in [0.2, 0.25) is 0 Å². The van der Waals surface area contributed by atoms with Gasteiger partial charge in [-0.1, -0.05) is 12.1 Å². The quantitative estimate of drug-likeness (QED) is 0.231. The van der Waals surface area contributed by atoms with E-state index in [1.165, 1.54) is 11.8 Å². The summed E-state index contributed by atoms with van der Waals surface area (Å²) in [7, 11) is 4.11. The van der Waals surface area contributed by atoms with Crippen LogP contribution in [0.15, 0.2) is 54.9 Å². The molecule has 0 atom stereocenters. The van der Waals surface area contributed by atoms with Gasteiger partial charge < -0.3 is 32.1 Å². The highest BCUT2D eigenvalue weighted by atomic mass is 15.0. The summed E-state index contributed by atoms with van der Waals surface area (Å²) in [5.41, 5.74) is 19.7. The highest BCUT2D eigenvalue weighted by Gasteiger charge is 2.12. The predicted octanol–water partition coefficient (Wildman–Crippen LogP) is 4.07. The number of aromatic amines is 1. The average molecular weight is 414 g/mol. The Balaban J connectivity index is 1.63. The van der Waals surface area contributed by atoms with Crippen LogP contribution in [0.25, 0.3) is 22.0 Å². The number of benzene rings is 2. The number of aromatic nitrogens is 2. The minimum absolute atomic E-state index is 0.468. The maximum absolute atomic E-state index is 7.81. The summed E-state index contributed by atoms with van der Waals surface area (Å²) < 4.78 is 0. The van der Waals surface area contributed by atoms with Crippen molar-refractivity contribution in [1.82, 2.24) is 14.9 Å². The molecule has 2 aromatic carbocycles. The maximum Gasteiger partial charge on any atom is 0.124 e. The molecule has 4 aromatic rings. The van der Waals surface area contributed by atoms with Crippen molar-refractivity contribution >= 4 is 34.3 Å². The monoisotopic (exact) mass is 413 g/mol. The molecule has 2 aromatic heterocycles. The molecular weight excluding hydrogens is 386 g/mol. The third kappa shape index (κ3) is 4.36. The van der Waals surface area contributed by atoms with Gasteiger partial charge in [0.1, 0.15) is 5.82 Å². The van der Waals surface area contributed by atoms with E-state index in [1.807, 2.05) is 18.3 Å². The van der Waals surface area contributed by atoms with Crippen LogP contribution in [0.3, 0.4) is 0 Å². The first-order valence-corrected chi connectivity index (χ1v) is 10.1. The number of nitrogen functional groups attached to an aromatic ring is 2. The Bertz CT molecular complexity index is 1220. The fraction of sp³-hybridized carbons (Fsp3) is 0.167. The Labute approximate surface area is 181 Å². The van der Waals surface area contributed by atoms with E-state index < -0.39 is 0 Å². The molecule has 0 fully saturated rings. The number of pyridine rings is 1. The largest absolute Gasteiger partial charge is 0.398 e. The number of hydrogen-bond acceptors (Lipinski definition) is 6. The van der Waals surface area contributed by atoms with Crippen LogP contribution in [0.4, 0.5) is 17.2 Å². The standard InChI is InChI=1S/C24H27N7/c1-31(2)14-15-3-5-19(6-4-15)28-11-18-8-16(7-17(10-25)24(18)27)21-12-29-22-13-30-23(26)9-20(21)22/h3-10,12-13,25,28-29H,11,14,27H2,1-2H3,(H2,26,30). The van der Waals surface area contributed by atoms with E-state index in [9.17, 15) is 0 Å². The summed E-state index contributed by atoms with van der Waals surface area (Å²) in [6.45, 7) is 1.46. The number of hydrogen-bond donors (Lipinski definition) is 5. The van der Waals surface area contributed by atoms with Crippen LogP contribution in [0, 0.1) is 5.41 Å². The molecule has 0 saturated heterocycles. The number of rotatable bonds is 7. The Hall–Kier alpha value is -3.84. The van der Waals surface area contributed by atoms with Crippen molar-refractivity contribution in [3.05, 3.63) is 71.5 Å². The second kappa shape index (κ2) is 8.49.